The van der Waals surface area contributed by atoms with Gasteiger partial charge in [0.2, 0.25) is 0 Å². The first-order valence-electron chi connectivity index (χ1n) is 12.8. The number of likely N-dealkylation sites (tertiary alicyclic amines) is 1. The number of phenolic OH excluding ortho intramolecular Hbond substituents is 1. The molecule has 1 aromatic carbocycles. The van der Waals surface area contributed by atoms with Crippen LogP contribution in [0.3, 0.4) is 0 Å². The van der Waals surface area contributed by atoms with Gasteiger partial charge in [-0.15, -0.1) is 0 Å². The Kier molecular flexibility index (Phi) is 6.47. The molecule has 3 atom stereocenters. The monoisotopic (exact) mass is 469 g/mol. The summed E-state index contributed by atoms with van der Waals surface area (Å²) in [6.07, 6.45) is 8.81. The van der Waals surface area contributed by atoms with Crippen molar-refractivity contribution in [2.24, 2.45) is 5.92 Å². The number of carbonyl (C=O) groups excluding carboxylic acids is 1. The maximum atomic E-state index is 13.9. The van der Waals surface area contributed by atoms with Gasteiger partial charge >= 0.3 is 5.97 Å². The summed E-state index contributed by atoms with van der Waals surface area (Å²) in [5.41, 5.74) is 1.33. The highest BCUT2D eigenvalue weighted by Gasteiger charge is 2.49. The molecule has 1 aliphatic carbocycles. The molecule has 4 rings (SSSR count). The average Bonchev–Trinajstić information content (AvgIpc) is 3.16. The fourth-order valence-corrected chi connectivity index (χ4v) is 6.26. The standard InChI is InChI=1S/C28H39NO5/c1-6-7-8-10-18-16-21-23(19-15-17(2)11-12-20(19)27(3,4)34-21)24(30)22(18)25(31)29-14-9-13-28(29,5)26(32)33/h15-16,19-20,30H,6-14H2,1-5H3,(H,32,33)/t19?,20?,28-/m1/s1. The lowest BCUT2D eigenvalue weighted by Crippen LogP contribution is -2.51. The van der Waals surface area contributed by atoms with Crippen LogP contribution >= 0.6 is 0 Å². The average molecular weight is 470 g/mol. The maximum absolute atomic E-state index is 13.9. The second kappa shape index (κ2) is 8.94. The van der Waals surface area contributed by atoms with Gasteiger partial charge in [-0.25, -0.2) is 4.79 Å². The molecule has 2 heterocycles. The molecule has 0 radical (unpaired) electrons. The van der Waals surface area contributed by atoms with Gasteiger partial charge in [-0.2, -0.15) is 0 Å². The van der Waals surface area contributed by atoms with Gasteiger partial charge in [0, 0.05) is 23.9 Å². The zero-order valence-corrected chi connectivity index (χ0v) is 21.2. The van der Waals surface area contributed by atoms with E-state index in [0.29, 0.717) is 37.1 Å². The molecule has 2 aliphatic heterocycles. The third-order valence-corrected chi connectivity index (χ3v) is 8.34. The number of hydrogen-bond donors (Lipinski definition) is 2. The first-order valence-corrected chi connectivity index (χ1v) is 12.8. The van der Waals surface area contributed by atoms with E-state index in [1.807, 2.05) is 6.07 Å². The van der Waals surface area contributed by atoms with Crippen molar-refractivity contribution in [3.05, 3.63) is 34.4 Å². The molecule has 1 fully saturated rings. The second-order valence-electron chi connectivity index (χ2n) is 11.2. The summed E-state index contributed by atoms with van der Waals surface area (Å²) < 4.78 is 6.48. The quantitative estimate of drug-likeness (QED) is 0.405. The Bertz CT molecular complexity index is 1030. The van der Waals surface area contributed by atoms with Crippen LogP contribution < -0.4 is 4.74 Å². The molecular weight excluding hydrogens is 430 g/mol. The van der Waals surface area contributed by atoms with Crippen LogP contribution in [0.1, 0.15) is 107 Å². The van der Waals surface area contributed by atoms with Crippen LogP contribution in [0, 0.1) is 5.92 Å². The number of benzene rings is 1. The molecule has 6 nitrogen and oxygen atoms in total. The van der Waals surface area contributed by atoms with Crippen LogP contribution in [-0.2, 0) is 11.2 Å². The molecule has 0 saturated carbocycles. The number of rotatable bonds is 6. The van der Waals surface area contributed by atoms with Crippen molar-refractivity contribution in [1.82, 2.24) is 4.90 Å². The molecule has 2 N–H and O–H groups in total. The summed E-state index contributed by atoms with van der Waals surface area (Å²) in [5.74, 6) is -0.593. The van der Waals surface area contributed by atoms with Gasteiger partial charge < -0.3 is 19.8 Å². The van der Waals surface area contributed by atoms with Gasteiger partial charge in [-0.3, -0.25) is 4.79 Å². The van der Waals surface area contributed by atoms with Gasteiger partial charge in [-0.1, -0.05) is 31.4 Å². The molecule has 1 saturated heterocycles. The highest BCUT2D eigenvalue weighted by molar-refractivity contribution is 6.02. The summed E-state index contributed by atoms with van der Waals surface area (Å²) in [6.45, 7) is 10.4. The fourth-order valence-electron chi connectivity index (χ4n) is 6.26. The van der Waals surface area contributed by atoms with E-state index in [1.54, 1.807) is 6.92 Å². The number of carboxylic acid groups (broad SMARTS) is 1. The van der Waals surface area contributed by atoms with E-state index in [-0.39, 0.29) is 34.7 Å². The lowest BCUT2D eigenvalue weighted by atomic mass is 9.67. The van der Waals surface area contributed by atoms with Crippen molar-refractivity contribution in [3.8, 4) is 11.5 Å². The lowest BCUT2D eigenvalue weighted by Gasteiger charge is -2.47. The Labute approximate surface area is 203 Å². The van der Waals surface area contributed by atoms with Crippen molar-refractivity contribution in [2.45, 2.75) is 103 Å². The molecule has 6 heteroatoms. The Morgan fingerprint density at radius 2 is 1.97 bits per heavy atom. The number of allylic oxidation sites excluding steroid dienone is 2. The predicted octanol–water partition coefficient (Wildman–Crippen LogP) is 5.82. The molecule has 1 amide bonds. The number of hydrogen-bond acceptors (Lipinski definition) is 4. The number of carboxylic acids is 1. The molecular formula is C28H39NO5. The molecule has 34 heavy (non-hydrogen) atoms. The maximum Gasteiger partial charge on any atom is 0.329 e. The minimum Gasteiger partial charge on any atom is -0.507 e. The van der Waals surface area contributed by atoms with E-state index in [1.165, 1.54) is 10.5 Å². The number of carbonyl (C=O) groups is 2. The largest absolute Gasteiger partial charge is 0.507 e. The van der Waals surface area contributed by atoms with Gasteiger partial charge in [0.25, 0.3) is 5.91 Å². The second-order valence-corrected chi connectivity index (χ2v) is 11.2. The van der Waals surface area contributed by atoms with Gasteiger partial charge in [-0.05, 0) is 77.8 Å². The molecule has 3 aliphatic rings. The number of aliphatic carboxylic acids is 1. The van der Waals surface area contributed by atoms with Crippen molar-refractivity contribution in [1.29, 1.82) is 0 Å². The van der Waals surface area contributed by atoms with Crippen LogP contribution in [0.2, 0.25) is 0 Å². The number of ether oxygens (including phenoxy) is 1. The van der Waals surface area contributed by atoms with E-state index in [4.69, 9.17) is 4.74 Å². The number of fused-ring (bicyclic) bond motifs is 3. The van der Waals surface area contributed by atoms with Crippen LogP contribution in [0.25, 0.3) is 0 Å². The Balaban J connectivity index is 1.88. The highest BCUT2D eigenvalue weighted by Crippen LogP contribution is 2.55. The summed E-state index contributed by atoms with van der Waals surface area (Å²) in [7, 11) is 0. The third kappa shape index (κ3) is 3.99. The summed E-state index contributed by atoms with van der Waals surface area (Å²) in [6, 6.07) is 1.95. The predicted molar refractivity (Wildman–Crippen MR) is 132 cm³/mol. The van der Waals surface area contributed by atoms with Crippen LogP contribution in [-0.4, -0.2) is 44.7 Å². The smallest absolute Gasteiger partial charge is 0.329 e. The molecule has 2 unspecified atom stereocenters. The molecule has 186 valence electrons. The Morgan fingerprint density at radius 3 is 2.65 bits per heavy atom. The molecule has 0 bridgehead atoms. The summed E-state index contributed by atoms with van der Waals surface area (Å²) in [4.78, 5) is 27.5. The van der Waals surface area contributed by atoms with Crippen molar-refractivity contribution in [2.75, 3.05) is 6.54 Å². The summed E-state index contributed by atoms with van der Waals surface area (Å²) in [5, 5.41) is 21.6. The highest BCUT2D eigenvalue weighted by atomic mass is 16.5. The number of nitrogens with zero attached hydrogens (tertiary/aromatic N) is 1. The third-order valence-electron chi connectivity index (χ3n) is 8.34. The van der Waals surface area contributed by atoms with Crippen molar-refractivity contribution < 1.29 is 24.5 Å². The van der Waals surface area contributed by atoms with Gasteiger partial charge in [0.15, 0.2) is 0 Å². The zero-order valence-electron chi connectivity index (χ0n) is 21.2. The topological polar surface area (TPSA) is 87.1 Å². The van der Waals surface area contributed by atoms with Gasteiger partial charge in [0.05, 0.1) is 5.56 Å². The van der Waals surface area contributed by atoms with Crippen LogP contribution in [0.5, 0.6) is 11.5 Å². The van der Waals surface area contributed by atoms with Crippen LogP contribution in [0.4, 0.5) is 0 Å². The summed E-state index contributed by atoms with van der Waals surface area (Å²) >= 11 is 0. The minimum absolute atomic E-state index is 0.0231. The normalized spacial score (nSPS) is 27.4. The van der Waals surface area contributed by atoms with E-state index in [9.17, 15) is 19.8 Å². The van der Waals surface area contributed by atoms with Crippen LogP contribution in [0.15, 0.2) is 17.7 Å². The lowest BCUT2D eigenvalue weighted by molar-refractivity contribution is -0.147. The minimum atomic E-state index is -1.26. The van der Waals surface area contributed by atoms with E-state index < -0.39 is 11.5 Å². The van der Waals surface area contributed by atoms with E-state index >= 15 is 0 Å². The molecule has 0 spiro atoms. The SMILES string of the molecule is CCCCCc1cc2c(c(O)c1C(=O)N1CCC[C@]1(C)C(=O)O)C1C=C(C)CCC1C(C)(C)O2. The van der Waals surface area contributed by atoms with Crippen molar-refractivity contribution >= 4 is 11.9 Å². The van der Waals surface area contributed by atoms with Gasteiger partial charge in [0.1, 0.15) is 22.6 Å². The van der Waals surface area contributed by atoms with E-state index in [2.05, 4.69) is 33.8 Å². The molecule has 1 aromatic rings. The zero-order chi connectivity index (χ0) is 24.8. The van der Waals surface area contributed by atoms with E-state index in [0.717, 1.165) is 37.7 Å². The number of aryl methyl sites for hydroxylation is 1. The Hall–Kier alpha value is -2.50. The molecule has 0 aromatic heterocycles. The first-order chi connectivity index (χ1) is 16.0. The Morgan fingerprint density at radius 1 is 1.24 bits per heavy atom. The number of aromatic hydroxyl groups is 1. The number of phenols is 1. The fraction of sp³-hybridized carbons (Fsp3) is 0.643. The number of unbranched alkanes of at least 4 members (excludes halogenated alkanes) is 2. The van der Waals surface area contributed by atoms with Crippen molar-refractivity contribution in [3.63, 3.8) is 0 Å². The first kappa shape index (κ1) is 24.6. The number of amides is 1.